The summed E-state index contributed by atoms with van der Waals surface area (Å²) < 4.78 is 21.6. The Labute approximate surface area is 147 Å². The van der Waals surface area contributed by atoms with Gasteiger partial charge in [-0.15, -0.1) is 0 Å². The van der Waals surface area contributed by atoms with Gasteiger partial charge in [-0.05, 0) is 31.2 Å². The van der Waals surface area contributed by atoms with E-state index in [0.717, 1.165) is 0 Å². The fourth-order valence-electron chi connectivity index (χ4n) is 2.15. The molecule has 0 fully saturated rings. The normalized spacial score (nSPS) is 11.3. The molecule has 0 saturated heterocycles. The van der Waals surface area contributed by atoms with Gasteiger partial charge in [0, 0.05) is 6.07 Å². The Hall–Kier alpha value is -2.89. The Kier molecular flexibility index (Phi) is 6.95. The lowest BCUT2D eigenvalue weighted by Crippen LogP contribution is -2.38. The van der Waals surface area contributed by atoms with Gasteiger partial charge in [-0.2, -0.15) is 0 Å². The maximum absolute atomic E-state index is 12.1. The topological polar surface area (TPSA) is 66.0 Å². The van der Waals surface area contributed by atoms with Crippen molar-refractivity contribution in [2.24, 2.45) is 0 Å². The van der Waals surface area contributed by atoms with Crippen molar-refractivity contribution in [3.8, 4) is 23.0 Å². The number of benzene rings is 2. The molecule has 2 aromatic rings. The molecule has 6 heteroatoms. The van der Waals surface area contributed by atoms with Crippen LogP contribution < -0.4 is 24.3 Å². The number of rotatable bonds is 9. The Bertz CT molecular complexity index is 689. The second kappa shape index (κ2) is 9.42. The average molecular weight is 345 g/mol. The van der Waals surface area contributed by atoms with Gasteiger partial charge in [-0.3, -0.25) is 4.79 Å². The third-order valence-electron chi connectivity index (χ3n) is 3.45. The lowest BCUT2D eigenvalue weighted by molar-refractivity contribution is -0.127. The fourth-order valence-corrected chi connectivity index (χ4v) is 2.15. The second-order valence-electron chi connectivity index (χ2n) is 5.23. The minimum atomic E-state index is -0.627. The minimum absolute atomic E-state index is 0.216. The van der Waals surface area contributed by atoms with Crippen LogP contribution in [0.25, 0.3) is 0 Å². The SMILES string of the molecule is COc1cccc(OC(C)C(=O)NCCOc2ccccc2OC)c1. The van der Waals surface area contributed by atoms with Crippen LogP contribution in [0.15, 0.2) is 48.5 Å². The van der Waals surface area contributed by atoms with Gasteiger partial charge >= 0.3 is 0 Å². The summed E-state index contributed by atoms with van der Waals surface area (Å²) in [5.74, 6) is 2.33. The molecule has 0 aromatic heterocycles. The van der Waals surface area contributed by atoms with Crippen molar-refractivity contribution in [1.29, 1.82) is 0 Å². The first-order chi connectivity index (χ1) is 12.1. The summed E-state index contributed by atoms with van der Waals surface area (Å²) in [5.41, 5.74) is 0. The van der Waals surface area contributed by atoms with E-state index in [-0.39, 0.29) is 5.91 Å². The Balaban J connectivity index is 1.75. The van der Waals surface area contributed by atoms with Crippen LogP contribution >= 0.6 is 0 Å². The van der Waals surface area contributed by atoms with Gasteiger partial charge in [0.05, 0.1) is 20.8 Å². The monoisotopic (exact) mass is 345 g/mol. The third-order valence-corrected chi connectivity index (χ3v) is 3.45. The number of ether oxygens (including phenoxy) is 4. The van der Waals surface area contributed by atoms with Crippen LogP contribution in [0.4, 0.5) is 0 Å². The van der Waals surface area contributed by atoms with Gasteiger partial charge in [0.1, 0.15) is 18.1 Å². The van der Waals surface area contributed by atoms with Crippen molar-refractivity contribution in [2.45, 2.75) is 13.0 Å². The average Bonchev–Trinajstić information content (AvgIpc) is 2.65. The molecular weight excluding hydrogens is 322 g/mol. The van der Waals surface area contributed by atoms with E-state index in [9.17, 15) is 4.79 Å². The molecule has 1 N–H and O–H groups in total. The van der Waals surface area contributed by atoms with Crippen LogP contribution in [0.2, 0.25) is 0 Å². The molecule has 134 valence electrons. The molecule has 25 heavy (non-hydrogen) atoms. The zero-order valence-electron chi connectivity index (χ0n) is 14.7. The van der Waals surface area contributed by atoms with E-state index in [1.807, 2.05) is 30.3 Å². The predicted molar refractivity (Wildman–Crippen MR) is 94.6 cm³/mol. The highest BCUT2D eigenvalue weighted by molar-refractivity contribution is 5.80. The number of amides is 1. The third kappa shape index (κ3) is 5.60. The zero-order chi connectivity index (χ0) is 18.1. The van der Waals surface area contributed by atoms with E-state index in [2.05, 4.69) is 5.32 Å². The van der Waals surface area contributed by atoms with Crippen LogP contribution in [-0.2, 0) is 4.79 Å². The van der Waals surface area contributed by atoms with Crippen molar-refractivity contribution < 1.29 is 23.7 Å². The minimum Gasteiger partial charge on any atom is -0.497 e. The molecule has 2 aromatic carbocycles. The van der Waals surface area contributed by atoms with Gasteiger partial charge < -0.3 is 24.3 Å². The summed E-state index contributed by atoms with van der Waals surface area (Å²) in [6.07, 6.45) is -0.627. The Morgan fingerprint density at radius 1 is 1.00 bits per heavy atom. The van der Waals surface area contributed by atoms with Crippen molar-refractivity contribution in [3.05, 3.63) is 48.5 Å². The molecule has 0 spiro atoms. The van der Waals surface area contributed by atoms with Gasteiger partial charge in [-0.1, -0.05) is 18.2 Å². The van der Waals surface area contributed by atoms with Crippen molar-refractivity contribution in [3.63, 3.8) is 0 Å². The largest absolute Gasteiger partial charge is 0.497 e. The number of carbonyl (C=O) groups excluding carboxylic acids is 1. The molecule has 2 rings (SSSR count). The standard InChI is InChI=1S/C19H23NO5/c1-14(25-16-8-6-7-15(13-16)22-2)19(21)20-11-12-24-18-10-5-4-9-17(18)23-3/h4-10,13-14H,11-12H2,1-3H3,(H,20,21). The van der Waals surface area contributed by atoms with Crippen LogP contribution in [0.5, 0.6) is 23.0 Å². The highest BCUT2D eigenvalue weighted by atomic mass is 16.5. The molecule has 0 radical (unpaired) electrons. The highest BCUT2D eigenvalue weighted by Gasteiger charge is 2.14. The van der Waals surface area contributed by atoms with Crippen LogP contribution in [0.1, 0.15) is 6.92 Å². The summed E-state index contributed by atoms with van der Waals surface area (Å²) in [7, 11) is 3.17. The van der Waals surface area contributed by atoms with E-state index in [1.165, 1.54) is 0 Å². The van der Waals surface area contributed by atoms with Crippen LogP contribution in [0, 0.1) is 0 Å². The molecule has 0 aliphatic carbocycles. The molecule has 0 heterocycles. The molecule has 0 bridgehead atoms. The number of carbonyl (C=O) groups is 1. The van der Waals surface area contributed by atoms with Gasteiger partial charge in [0.15, 0.2) is 17.6 Å². The van der Waals surface area contributed by atoms with Gasteiger partial charge in [0.2, 0.25) is 0 Å². The number of methoxy groups -OCH3 is 2. The molecule has 0 aliphatic rings. The number of nitrogens with one attached hydrogen (secondary N) is 1. The van der Waals surface area contributed by atoms with E-state index in [0.29, 0.717) is 36.1 Å². The Morgan fingerprint density at radius 2 is 1.72 bits per heavy atom. The number of para-hydroxylation sites is 2. The summed E-state index contributed by atoms with van der Waals surface area (Å²) in [6, 6.07) is 14.5. The zero-order valence-corrected chi connectivity index (χ0v) is 14.7. The Morgan fingerprint density at radius 3 is 2.44 bits per heavy atom. The predicted octanol–water partition coefficient (Wildman–Crippen LogP) is 2.67. The lowest BCUT2D eigenvalue weighted by atomic mass is 10.3. The summed E-state index contributed by atoms with van der Waals surface area (Å²) >= 11 is 0. The van der Waals surface area contributed by atoms with Crippen molar-refractivity contribution in [1.82, 2.24) is 5.32 Å². The molecule has 1 atom stereocenters. The fraction of sp³-hybridized carbons (Fsp3) is 0.316. The van der Waals surface area contributed by atoms with Crippen molar-refractivity contribution in [2.75, 3.05) is 27.4 Å². The molecule has 0 aliphatic heterocycles. The maximum atomic E-state index is 12.1. The molecule has 1 unspecified atom stereocenters. The molecular formula is C19H23NO5. The van der Waals surface area contributed by atoms with E-state index < -0.39 is 6.10 Å². The molecule has 1 amide bonds. The number of hydrogen-bond acceptors (Lipinski definition) is 5. The van der Waals surface area contributed by atoms with E-state index in [4.69, 9.17) is 18.9 Å². The maximum Gasteiger partial charge on any atom is 0.260 e. The summed E-state index contributed by atoms with van der Waals surface area (Å²) in [4.78, 5) is 12.1. The molecule has 0 saturated carbocycles. The quantitative estimate of drug-likeness (QED) is 0.708. The lowest BCUT2D eigenvalue weighted by Gasteiger charge is -2.15. The van der Waals surface area contributed by atoms with E-state index >= 15 is 0 Å². The summed E-state index contributed by atoms with van der Waals surface area (Å²) in [6.45, 7) is 2.39. The van der Waals surface area contributed by atoms with Gasteiger partial charge in [0.25, 0.3) is 5.91 Å². The smallest absolute Gasteiger partial charge is 0.260 e. The van der Waals surface area contributed by atoms with Crippen LogP contribution in [0.3, 0.4) is 0 Å². The first kappa shape index (κ1) is 18.4. The van der Waals surface area contributed by atoms with E-state index in [1.54, 1.807) is 39.3 Å². The first-order valence-corrected chi connectivity index (χ1v) is 7.98. The number of hydrogen-bond donors (Lipinski definition) is 1. The highest BCUT2D eigenvalue weighted by Crippen LogP contribution is 2.25. The van der Waals surface area contributed by atoms with Crippen LogP contribution in [-0.4, -0.2) is 39.4 Å². The second-order valence-corrected chi connectivity index (χ2v) is 5.23. The summed E-state index contributed by atoms with van der Waals surface area (Å²) in [5, 5.41) is 2.78. The van der Waals surface area contributed by atoms with Crippen molar-refractivity contribution >= 4 is 5.91 Å². The van der Waals surface area contributed by atoms with Gasteiger partial charge in [-0.25, -0.2) is 0 Å². The first-order valence-electron chi connectivity index (χ1n) is 7.98. The molecule has 6 nitrogen and oxygen atoms in total.